The predicted molar refractivity (Wildman–Crippen MR) is 95.8 cm³/mol. The molecule has 3 heterocycles. The van der Waals surface area contributed by atoms with Gasteiger partial charge in [0.1, 0.15) is 5.52 Å². The molecule has 0 aliphatic carbocycles. The van der Waals surface area contributed by atoms with E-state index in [0.717, 1.165) is 18.4 Å². The van der Waals surface area contributed by atoms with Gasteiger partial charge in [0, 0.05) is 12.2 Å². The minimum Gasteiger partial charge on any atom is -0.465 e. The second-order valence-corrected chi connectivity index (χ2v) is 6.71. The number of ether oxygens (including phenoxy) is 2. The van der Waals surface area contributed by atoms with E-state index in [1.165, 1.54) is 7.11 Å². The van der Waals surface area contributed by atoms with E-state index in [1.807, 2.05) is 6.07 Å². The molecule has 1 N–H and O–H groups in total. The zero-order valence-electron chi connectivity index (χ0n) is 14.2. The third-order valence-corrected chi connectivity index (χ3v) is 4.87. The van der Waals surface area contributed by atoms with Gasteiger partial charge in [0.25, 0.3) is 0 Å². The summed E-state index contributed by atoms with van der Waals surface area (Å²) < 4.78 is 10.6. The number of imidazole rings is 1. The van der Waals surface area contributed by atoms with Crippen molar-refractivity contribution in [3.8, 4) is 11.3 Å². The number of carbonyl (C=O) groups is 1. The molecule has 8 heteroatoms. The Balaban J connectivity index is 1.87. The number of nitrogens with zero attached hydrogens (tertiary/aromatic N) is 3. The highest BCUT2D eigenvalue weighted by molar-refractivity contribution is 6.22. The van der Waals surface area contributed by atoms with Gasteiger partial charge in [-0.05, 0) is 31.4 Å². The van der Waals surface area contributed by atoms with Crippen LogP contribution >= 0.6 is 11.6 Å². The van der Waals surface area contributed by atoms with Crippen molar-refractivity contribution in [3.05, 3.63) is 42.0 Å². The third kappa shape index (κ3) is 2.93. The summed E-state index contributed by atoms with van der Waals surface area (Å²) in [7, 11) is 1.35. The lowest BCUT2D eigenvalue weighted by Crippen LogP contribution is -2.30. The highest BCUT2D eigenvalue weighted by Crippen LogP contribution is 2.38. The van der Waals surface area contributed by atoms with Crippen LogP contribution in [0, 0.1) is 0 Å². The lowest BCUT2D eigenvalue weighted by Gasteiger charge is -2.30. The van der Waals surface area contributed by atoms with E-state index in [0.29, 0.717) is 41.3 Å². The van der Waals surface area contributed by atoms with Crippen LogP contribution in [0.1, 0.15) is 35.4 Å². The average Bonchev–Trinajstić information content (AvgIpc) is 3.16. The van der Waals surface area contributed by atoms with Crippen LogP contribution in [0.2, 0.25) is 0 Å². The Morgan fingerprint density at radius 3 is 3.00 bits per heavy atom. The maximum absolute atomic E-state index is 11.9. The van der Waals surface area contributed by atoms with Crippen molar-refractivity contribution in [2.45, 2.75) is 24.3 Å². The first-order valence-corrected chi connectivity index (χ1v) is 8.72. The molecule has 1 aliphatic rings. The number of hydrogen-bond donors (Lipinski definition) is 1. The predicted octanol–water partition coefficient (Wildman–Crippen LogP) is 3.40. The molecule has 26 heavy (non-hydrogen) atoms. The second kappa shape index (κ2) is 6.66. The number of benzene rings is 1. The van der Waals surface area contributed by atoms with Gasteiger partial charge in [0.05, 0.1) is 24.7 Å². The molecule has 4 rings (SSSR count). The molecule has 0 saturated carbocycles. The number of fused-ring (bicyclic) bond motifs is 1. The standard InChI is InChI=1S/C18H17ClN4O3/c1-25-16(24)12-6-4-5-11(9-12)13-14-15(21-10-20-14)23-17(22-13)18(19)7-2-3-8-26-18/h4-6,9-10H,2-3,7-8H2,1H3,(H,20,21,22,23). The van der Waals surface area contributed by atoms with Crippen LogP contribution in [0.4, 0.5) is 0 Å². The van der Waals surface area contributed by atoms with E-state index in [1.54, 1.807) is 24.5 Å². The fourth-order valence-corrected chi connectivity index (χ4v) is 3.35. The van der Waals surface area contributed by atoms with Gasteiger partial charge in [-0.25, -0.2) is 19.7 Å². The van der Waals surface area contributed by atoms with Gasteiger partial charge in [-0.2, -0.15) is 0 Å². The van der Waals surface area contributed by atoms with Crippen molar-refractivity contribution in [1.82, 2.24) is 19.9 Å². The minimum absolute atomic E-state index is 0.386. The number of aromatic amines is 1. The van der Waals surface area contributed by atoms with E-state index in [2.05, 4.69) is 19.9 Å². The maximum atomic E-state index is 11.9. The van der Waals surface area contributed by atoms with E-state index in [-0.39, 0.29) is 0 Å². The third-order valence-electron chi connectivity index (χ3n) is 4.40. The molecule has 1 fully saturated rings. The Labute approximate surface area is 154 Å². The highest BCUT2D eigenvalue weighted by atomic mass is 35.5. The van der Waals surface area contributed by atoms with Crippen LogP contribution < -0.4 is 0 Å². The second-order valence-electron chi connectivity index (χ2n) is 6.10. The molecule has 0 spiro atoms. The van der Waals surface area contributed by atoms with Crippen LogP contribution in [0.5, 0.6) is 0 Å². The summed E-state index contributed by atoms with van der Waals surface area (Å²) in [6.45, 7) is 0.568. The largest absolute Gasteiger partial charge is 0.465 e. The lowest BCUT2D eigenvalue weighted by molar-refractivity contribution is -0.0258. The van der Waals surface area contributed by atoms with E-state index >= 15 is 0 Å². The summed E-state index contributed by atoms with van der Waals surface area (Å²) in [5.41, 5.74) is 2.96. The molecule has 1 unspecified atom stereocenters. The summed E-state index contributed by atoms with van der Waals surface area (Å²) in [5.74, 6) is -0.0247. The molecule has 134 valence electrons. The quantitative estimate of drug-likeness (QED) is 0.559. The van der Waals surface area contributed by atoms with Gasteiger partial charge in [0.2, 0.25) is 5.06 Å². The number of hydrogen-bond acceptors (Lipinski definition) is 6. The molecule has 0 amide bonds. The number of alkyl halides is 1. The van der Waals surface area contributed by atoms with Crippen molar-refractivity contribution in [3.63, 3.8) is 0 Å². The van der Waals surface area contributed by atoms with E-state index in [4.69, 9.17) is 21.1 Å². The van der Waals surface area contributed by atoms with Crippen molar-refractivity contribution in [2.75, 3.05) is 13.7 Å². The summed E-state index contributed by atoms with van der Waals surface area (Å²) in [4.78, 5) is 28.3. The molecule has 0 bridgehead atoms. The Kier molecular flexibility index (Phi) is 4.34. The van der Waals surface area contributed by atoms with Crippen molar-refractivity contribution >= 4 is 28.7 Å². The van der Waals surface area contributed by atoms with Crippen LogP contribution in [0.25, 0.3) is 22.4 Å². The monoisotopic (exact) mass is 372 g/mol. The smallest absolute Gasteiger partial charge is 0.337 e. The number of esters is 1. The normalized spacial score (nSPS) is 20.2. The molecule has 1 saturated heterocycles. The van der Waals surface area contributed by atoms with Gasteiger partial charge in [-0.1, -0.05) is 23.7 Å². The van der Waals surface area contributed by atoms with Gasteiger partial charge in [0.15, 0.2) is 11.5 Å². The number of halogens is 1. The molecular formula is C18H17ClN4O3. The lowest BCUT2D eigenvalue weighted by atomic mass is 10.1. The Morgan fingerprint density at radius 2 is 2.23 bits per heavy atom. The summed E-state index contributed by atoms with van der Waals surface area (Å²) in [5, 5.41) is -1.06. The summed E-state index contributed by atoms with van der Waals surface area (Å²) >= 11 is 6.67. The SMILES string of the molecule is COC(=O)c1cccc(-c2nc(C3(Cl)CCCCO3)nc3nc[nH]c23)c1. The van der Waals surface area contributed by atoms with Crippen LogP contribution in [0.3, 0.4) is 0 Å². The zero-order valence-corrected chi connectivity index (χ0v) is 14.9. The molecule has 1 atom stereocenters. The molecule has 3 aromatic rings. The average molecular weight is 373 g/mol. The molecule has 2 aromatic heterocycles. The van der Waals surface area contributed by atoms with Crippen LogP contribution in [-0.4, -0.2) is 39.6 Å². The number of aromatic nitrogens is 4. The minimum atomic E-state index is -1.06. The number of rotatable bonds is 3. The fraction of sp³-hybridized carbons (Fsp3) is 0.333. The van der Waals surface area contributed by atoms with Gasteiger partial charge < -0.3 is 14.5 Å². The maximum Gasteiger partial charge on any atom is 0.337 e. The molecule has 1 aromatic carbocycles. The van der Waals surface area contributed by atoms with Crippen LogP contribution in [0.15, 0.2) is 30.6 Å². The van der Waals surface area contributed by atoms with Crippen molar-refractivity contribution in [1.29, 1.82) is 0 Å². The topological polar surface area (TPSA) is 90.0 Å². The van der Waals surface area contributed by atoms with Gasteiger partial charge >= 0.3 is 5.97 Å². The molecule has 0 radical (unpaired) electrons. The number of H-pyrrole nitrogens is 1. The van der Waals surface area contributed by atoms with Gasteiger partial charge in [-0.3, -0.25) is 0 Å². The van der Waals surface area contributed by atoms with E-state index < -0.39 is 11.0 Å². The fourth-order valence-electron chi connectivity index (χ4n) is 3.06. The zero-order chi connectivity index (χ0) is 18.1. The number of carbonyl (C=O) groups excluding carboxylic acids is 1. The highest BCUT2D eigenvalue weighted by Gasteiger charge is 2.37. The van der Waals surface area contributed by atoms with Gasteiger partial charge in [-0.15, -0.1) is 0 Å². The van der Waals surface area contributed by atoms with Crippen molar-refractivity contribution in [2.24, 2.45) is 0 Å². The summed E-state index contributed by atoms with van der Waals surface area (Å²) in [6.07, 6.45) is 4.09. The summed E-state index contributed by atoms with van der Waals surface area (Å²) in [6, 6.07) is 7.05. The Morgan fingerprint density at radius 1 is 1.35 bits per heavy atom. The first kappa shape index (κ1) is 16.9. The molecule has 1 aliphatic heterocycles. The molecule has 7 nitrogen and oxygen atoms in total. The number of methoxy groups -OCH3 is 1. The Bertz CT molecular complexity index is 966. The van der Waals surface area contributed by atoms with Crippen LogP contribution in [-0.2, 0) is 14.5 Å². The van der Waals surface area contributed by atoms with Crippen molar-refractivity contribution < 1.29 is 14.3 Å². The Hall–Kier alpha value is -2.51. The number of nitrogens with one attached hydrogen (secondary N) is 1. The first-order valence-electron chi connectivity index (χ1n) is 8.34. The van der Waals surface area contributed by atoms with E-state index in [9.17, 15) is 4.79 Å². The first-order chi connectivity index (χ1) is 12.6. The molecular weight excluding hydrogens is 356 g/mol.